The molecule has 0 aliphatic heterocycles. The molecule has 0 aromatic heterocycles. The van der Waals surface area contributed by atoms with Gasteiger partial charge in [0, 0.05) is 12.8 Å². The molecule has 0 aliphatic rings. The number of carbonyl (C=O) groups excluding carboxylic acids is 1. The molecule has 0 amide bonds. The molecule has 0 fully saturated rings. The third-order valence-corrected chi connectivity index (χ3v) is 6.61. The second kappa shape index (κ2) is 28.0. The Bertz CT molecular complexity index is 552. The van der Waals surface area contributed by atoms with Gasteiger partial charge in [-0.25, -0.2) is 0 Å². The van der Waals surface area contributed by atoms with Gasteiger partial charge in [0.25, 0.3) is 0 Å². The highest BCUT2D eigenvalue weighted by Gasteiger charge is 2.11. The Morgan fingerprint density at radius 2 is 1.14 bits per heavy atom. The molecule has 0 bridgehead atoms. The van der Waals surface area contributed by atoms with E-state index in [1.807, 2.05) is 6.08 Å². The standard InChI is InChI=1S/C32H58O4/c1-3-5-7-8-9-10-11-12-13-14-15-16-17-18-19-25-29-32(35)36-30(26-22-6-4-2)27-23-20-21-24-28-31(33)34/h13-14,22,26,30H,3-12,15-21,23-25,27-29H2,1-2H3,(H,33,34)/b14-13-,26-22-. The van der Waals surface area contributed by atoms with Crippen LogP contribution in [-0.2, 0) is 14.3 Å². The second-order valence-electron chi connectivity index (χ2n) is 10.3. The molecule has 210 valence electrons. The summed E-state index contributed by atoms with van der Waals surface area (Å²) in [7, 11) is 0. The maximum absolute atomic E-state index is 12.3. The number of carbonyl (C=O) groups is 2. The number of hydrogen-bond donors (Lipinski definition) is 1. The number of allylic oxidation sites excluding steroid dienone is 3. The zero-order valence-electron chi connectivity index (χ0n) is 23.8. The number of esters is 1. The number of carboxylic acid groups (broad SMARTS) is 1. The average molecular weight is 507 g/mol. The lowest BCUT2D eigenvalue weighted by Crippen LogP contribution is -2.16. The van der Waals surface area contributed by atoms with Crippen molar-refractivity contribution in [2.75, 3.05) is 0 Å². The van der Waals surface area contributed by atoms with E-state index in [9.17, 15) is 9.59 Å². The van der Waals surface area contributed by atoms with Crippen LogP contribution in [0.5, 0.6) is 0 Å². The van der Waals surface area contributed by atoms with E-state index in [0.717, 1.165) is 57.8 Å². The van der Waals surface area contributed by atoms with Crippen LogP contribution in [0, 0.1) is 0 Å². The van der Waals surface area contributed by atoms with E-state index < -0.39 is 5.97 Å². The Balaban J connectivity index is 3.76. The van der Waals surface area contributed by atoms with Gasteiger partial charge in [-0.1, -0.05) is 109 Å². The summed E-state index contributed by atoms with van der Waals surface area (Å²) in [4.78, 5) is 22.9. The van der Waals surface area contributed by atoms with Crippen LogP contribution >= 0.6 is 0 Å². The van der Waals surface area contributed by atoms with E-state index in [2.05, 4.69) is 32.1 Å². The predicted octanol–water partition coefficient (Wildman–Crippen LogP) is 10.1. The van der Waals surface area contributed by atoms with Crippen molar-refractivity contribution < 1.29 is 19.4 Å². The van der Waals surface area contributed by atoms with Crippen molar-refractivity contribution in [3.63, 3.8) is 0 Å². The van der Waals surface area contributed by atoms with Crippen molar-refractivity contribution in [1.29, 1.82) is 0 Å². The SMILES string of the molecule is CCC/C=C\C(CCCCCCC(=O)O)OC(=O)CCCCCCC/C=C\CCCCCCCCC. The smallest absolute Gasteiger partial charge is 0.306 e. The molecule has 1 unspecified atom stereocenters. The van der Waals surface area contributed by atoms with Crippen LogP contribution in [0.15, 0.2) is 24.3 Å². The summed E-state index contributed by atoms with van der Waals surface area (Å²) >= 11 is 0. The van der Waals surface area contributed by atoms with Crippen LogP contribution in [0.2, 0.25) is 0 Å². The van der Waals surface area contributed by atoms with Gasteiger partial charge in [0.1, 0.15) is 6.10 Å². The average Bonchev–Trinajstić information content (AvgIpc) is 2.85. The predicted molar refractivity (Wildman–Crippen MR) is 153 cm³/mol. The Morgan fingerprint density at radius 1 is 0.611 bits per heavy atom. The topological polar surface area (TPSA) is 63.6 Å². The van der Waals surface area contributed by atoms with Gasteiger partial charge in [-0.05, 0) is 63.9 Å². The zero-order valence-corrected chi connectivity index (χ0v) is 23.8. The first-order valence-corrected chi connectivity index (χ1v) is 15.3. The first-order chi connectivity index (χ1) is 17.6. The van der Waals surface area contributed by atoms with E-state index >= 15 is 0 Å². The fraction of sp³-hybridized carbons (Fsp3) is 0.812. The Morgan fingerprint density at radius 3 is 1.72 bits per heavy atom. The molecule has 0 aromatic rings. The Labute approximate surface area is 223 Å². The molecule has 1 N–H and O–H groups in total. The van der Waals surface area contributed by atoms with Crippen molar-refractivity contribution in [2.45, 2.75) is 168 Å². The molecular weight excluding hydrogens is 448 g/mol. The Hall–Kier alpha value is -1.58. The number of unbranched alkanes of at least 4 members (excludes halogenated alkanes) is 16. The number of aliphatic carboxylic acids is 1. The van der Waals surface area contributed by atoms with Crippen molar-refractivity contribution in [3.8, 4) is 0 Å². The summed E-state index contributed by atoms with van der Waals surface area (Å²) in [5, 5.41) is 8.72. The van der Waals surface area contributed by atoms with Gasteiger partial charge in [0.15, 0.2) is 0 Å². The lowest BCUT2D eigenvalue weighted by molar-refractivity contribution is -0.147. The molecule has 0 spiro atoms. The number of rotatable bonds is 27. The highest BCUT2D eigenvalue weighted by atomic mass is 16.5. The van der Waals surface area contributed by atoms with Gasteiger partial charge >= 0.3 is 11.9 Å². The van der Waals surface area contributed by atoms with Crippen LogP contribution in [-0.4, -0.2) is 23.1 Å². The molecule has 4 nitrogen and oxygen atoms in total. The third kappa shape index (κ3) is 27.0. The van der Waals surface area contributed by atoms with E-state index in [-0.39, 0.29) is 18.5 Å². The van der Waals surface area contributed by atoms with Crippen LogP contribution in [0.4, 0.5) is 0 Å². The lowest BCUT2D eigenvalue weighted by Gasteiger charge is -2.14. The van der Waals surface area contributed by atoms with E-state index in [1.54, 1.807) is 0 Å². The molecule has 0 saturated carbocycles. The summed E-state index contributed by atoms with van der Waals surface area (Å²) in [6, 6.07) is 0. The van der Waals surface area contributed by atoms with Gasteiger partial charge in [0.05, 0.1) is 0 Å². The first kappa shape index (κ1) is 34.4. The normalized spacial score (nSPS) is 12.5. The summed E-state index contributed by atoms with van der Waals surface area (Å²) in [5.41, 5.74) is 0. The lowest BCUT2D eigenvalue weighted by atomic mass is 10.1. The molecule has 0 aliphatic carbocycles. The molecule has 0 rings (SSSR count). The molecule has 36 heavy (non-hydrogen) atoms. The monoisotopic (exact) mass is 506 g/mol. The van der Waals surface area contributed by atoms with E-state index in [4.69, 9.17) is 9.84 Å². The molecule has 0 saturated heterocycles. The van der Waals surface area contributed by atoms with Gasteiger partial charge in [0.2, 0.25) is 0 Å². The van der Waals surface area contributed by atoms with Gasteiger partial charge in [-0.2, -0.15) is 0 Å². The summed E-state index contributed by atoms with van der Waals surface area (Å²) < 4.78 is 5.74. The third-order valence-electron chi connectivity index (χ3n) is 6.61. The van der Waals surface area contributed by atoms with Crippen LogP contribution in [0.3, 0.4) is 0 Å². The summed E-state index contributed by atoms with van der Waals surface area (Å²) in [5.74, 6) is -0.810. The van der Waals surface area contributed by atoms with Crippen LogP contribution < -0.4 is 0 Å². The van der Waals surface area contributed by atoms with E-state index in [0.29, 0.717) is 6.42 Å². The fourth-order valence-corrected chi connectivity index (χ4v) is 4.33. The molecule has 0 heterocycles. The number of hydrogen-bond acceptors (Lipinski definition) is 3. The van der Waals surface area contributed by atoms with Crippen molar-refractivity contribution in [3.05, 3.63) is 24.3 Å². The van der Waals surface area contributed by atoms with Gasteiger partial charge in [-0.3, -0.25) is 9.59 Å². The summed E-state index contributed by atoms with van der Waals surface area (Å²) in [6.45, 7) is 4.41. The molecule has 1 atom stereocenters. The summed E-state index contributed by atoms with van der Waals surface area (Å²) in [6.07, 6.45) is 33.7. The quantitative estimate of drug-likeness (QED) is 0.0683. The van der Waals surface area contributed by atoms with Gasteiger partial charge in [-0.15, -0.1) is 0 Å². The van der Waals surface area contributed by atoms with Crippen molar-refractivity contribution in [1.82, 2.24) is 0 Å². The maximum atomic E-state index is 12.3. The number of ether oxygens (including phenoxy) is 1. The molecule has 4 heteroatoms. The largest absolute Gasteiger partial charge is 0.481 e. The minimum absolute atomic E-state index is 0.0830. The second-order valence-corrected chi connectivity index (χ2v) is 10.3. The zero-order chi connectivity index (χ0) is 26.5. The highest BCUT2D eigenvalue weighted by molar-refractivity contribution is 5.69. The van der Waals surface area contributed by atoms with Gasteiger partial charge < -0.3 is 9.84 Å². The minimum Gasteiger partial charge on any atom is -0.481 e. The van der Waals surface area contributed by atoms with Crippen LogP contribution in [0.25, 0.3) is 0 Å². The molecule has 0 aromatic carbocycles. The highest BCUT2D eigenvalue weighted by Crippen LogP contribution is 2.14. The minimum atomic E-state index is -0.727. The van der Waals surface area contributed by atoms with Crippen molar-refractivity contribution >= 4 is 11.9 Å². The number of carboxylic acids is 1. The molecular formula is C32H58O4. The van der Waals surface area contributed by atoms with Crippen molar-refractivity contribution in [2.24, 2.45) is 0 Å². The first-order valence-electron chi connectivity index (χ1n) is 15.3. The van der Waals surface area contributed by atoms with Crippen LogP contribution in [0.1, 0.15) is 162 Å². The van der Waals surface area contributed by atoms with E-state index in [1.165, 1.54) is 77.0 Å². The Kier molecular flexibility index (Phi) is 26.8. The maximum Gasteiger partial charge on any atom is 0.306 e. The fourth-order valence-electron chi connectivity index (χ4n) is 4.33. The molecule has 0 radical (unpaired) electrons.